The number of aromatic nitrogens is 2. The third-order valence-corrected chi connectivity index (χ3v) is 9.55. The van der Waals surface area contributed by atoms with Gasteiger partial charge in [-0.1, -0.05) is 10.3 Å². The molecule has 0 aromatic carbocycles. The summed E-state index contributed by atoms with van der Waals surface area (Å²) in [6, 6.07) is 4.15. The Bertz CT molecular complexity index is 1390. The summed E-state index contributed by atoms with van der Waals surface area (Å²) in [6.07, 6.45) is 1.07. The molecule has 2 aliphatic rings. The first-order chi connectivity index (χ1) is 16.8. The molecule has 0 radical (unpaired) electrons. The SMILES string of the molecule is Cc1nsc(C#N)c1CS(=O)(=O)C1=NOC(C)(C)C1.Cc1nsc(C#N)c1CSC1=NOC(C)(C)C1. The molecule has 0 N–H and O–H groups in total. The van der Waals surface area contributed by atoms with E-state index in [0.29, 0.717) is 21.0 Å². The third-order valence-electron chi connectivity index (χ3n) is 5.19. The predicted molar refractivity (Wildman–Crippen MR) is 141 cm³/mol. The van der Waals surface area contributed by atoms with E-state index in [0.717, 1.165) is 40.0 Å². The fraction of sp³-hybridized carbons (Fsp3) is 0.545. The van der Waals surface area contributed by atoms with Crippen molar-refractivity contribution < 1.29 is 18.1 Å². The van der Waals surface area contributed by atoms with E-state index in [-0.39, 0.29) is 22.8 Å². The van der Waals surface area contributed by atoms with Crippen molar-refractivity contribution in [1.29, 1.82) is 10.5 Å². The van der Waals surface area contributed by atoms with Gasteiger partial charge in [0.1, 0.15) is 38.1 Å². The largest absolute Gasteiger partial charge is 0.389 e. The summed E-state index contributed by atoms with van der Waals surface area (Å²) in [6.45, 7) is 11.2. The van der Waals surface area contributed by atoms with Crippen LogP contribution in [0.3, 0.4) is 0 Å². The maximum Gasteiger partial charge on any atom is 0.199 e. The number of hydrogen-bond donors (Lipinski definition) is 0. The number of sulfone groups is 1. The van der Waals surface area contributed by atoms with Gasteiger partial charge in [0.25, 0.3) is 0 Å². The first-order valence-corrected chi connectivity index (χ1v) is 15.0. The topological polar surface area (TPSA) is 151 Å². The quantitative estimate of drug-likeness (QED) is 0.507. The second kappa shape index (κ2) is 10.8. The van der Waals surface area contributed by atoms with Gasteiger partial charge in [0.2, 0.25) is 0 Å². The van der Waals surface area contributed by atoms with E-state index in [2.05, 4.69) is 25.1 Å². The number of thioether (sulfide) groups is 1. The van der Waals surface area contributed by atoms with Crippen LogP contribution < -0.4 is 0 Å². The zero-order valence-corrected chi connectivity index (χ0v) is 24.0. The maximum atomic E-state index is 12.3. The second-order valence-electron chi connectivity index (χ2n) is 9.45. The smallest absolute Gasteiger partial charge is 0.199 e. The highest BCUT2D eigenvalue weighted by atomic mass is 32.2. The van der Waals surface area contributed by atoms with Gasteiger partial charge in [0.15, 0.2) is 14.9 Å². The Hall–Kier alpha value is -2.52. The van der Waals surface area contributed by atoms with Crippen LogP contribution in [-0.2, 0) is 31.0 Å². The van der Waals surface area contributed by atoms with Crippen molar-refractivity contribution >= 4 is 54.8 Å². The first kappa shape index (κ1) is 28.1. The van der Waals surface area contributed by atoms with Crippen LogP contribution in [0, 0.1) is 36.5 Å². The molecule has 0 spiro atoms. The summed E-state index contributed by atoms with van der Waals surface area (Å²) in [5.41, 5.74) is 2.21. The maximum absolute atomic E-state index is 12.3. The number of nitrogens with zero attached hydrogens (tertiary/aromatic N) is 6. The third kappa shape index (κ3) is 6.82. The molecular weight excluding hydrogens is 541 g/mol. The second-order valence-corrected chi connectivity index (χ2v) is 14.0. The Balaban J connectivity index is 0.000000202. The number of aryl methyl sites for hydroxylation is 2. The molecule has 0 fully saturated rings. The molecule has 10 nitrogen and oxygen atoms in total. The number of rotatable bonds is 4. The Labute approximate surface area is 223 Å². The molecule has 2 aliphatic heterocycles. The van der Waals surface area contributed by atoms with E-state index in [1.807, 2.05) is 26.8 Å². The lowest BCUT2D eigenvalue weighted by atomic mass is 10.1. The van der Waals surface area contributed by atoms with E-state index >= 15 is 0 Å². The zero-order chi connectivity index (χ0) is 26.7. The van der Waals surface area contributed by atoms with Crippen molar-refractivity contribution in [2.45, 2.75) is 77.1 Å². The predicted octanol–water partition coefficient (Wildman–Crippen LogP) is 4.82. The Morgan fingerprint density at radius 3 is 1.94 bits per heavy atom. The number of hydrogen-bond acceptors (Lipinski definition) is 13. The van der Waals surface area contributed by atoms with Gasteiger partial charge in [-0.05, 0) is 64.6 Å². The van der Waals surface area contributed by atoms with Crippen LogP contribution in [0.15, 0.2) is 10.3 Å². The molecule has 4 rings (SSSR count). The van der Waals surface area contributed by atoms with E-state index in [4.69, 9.17) is 20.2 Å². The standard InChI is InChI=1S/C11H13N3O3S2.C11H13N3OS2/c1-7-8(9(5-12)18-14-7)6-19(15,16)10-4-11(2,3)17-13-10;1-7-8(9(5-12)17-14-7)6-16-10-4-11(2,3)15-13-10/h4,6H2,1-3H3;4,6H2,1-3H3. The molecule has 0 bridgehead atoms. The Kier molecular flexibility index (Phi) is 8.45. The normalized spacial score (nSPS) is 17.6. The van der Waals surface area contributed by atoms with Crippen molar-refractivity contribution in [3.63, 3.8) is 0 Å². The minimum Gasteiger partial charge on any atom is -0.389 e. The monoisotopic (exact) mass is 566 g/mol. The lowest BCUT2D eigenvalue weighted by Crippen LogP contribution is -2.23. The van der Waals surface area contributed by atoms with Crippen LogP contribution in [0.4, 0.5) is 0 Å². The van der Waals surface area contributed by atoms with Gasteiger partial charge in [0.05, 0.1) is 17.1 Å². The van der Waals surface area contributed by atoms with Crippen LogP contribution >= 0.6 is 34.8 Å². The van der Waals surface area contributed by atoms with Crippen LogP contribution in [0.5, 0.6) is 0 Å². The summed E-state index contributed by atoms with van der Waals surface area (Å²) in [7, 11) is -3.57. The molecule has 0 atom stereocenters. The average molecular weight is 567 g/mol. The van der Waals surface area contributed by atoms with Crippen LogP contribution in [0.2, 0.25) is 0 Å². The Morgan fingerprint density at radius 2 is 1.44 bits per heavy atom. The summed E-state index contributed by atoms with van der Waals surface area (Å²) in [5, 5.41) is 26.6. The van der Waals surface area contributed by atoms with Gasteiger partial charge in [-0.25, -0.2) is 8.42 Å². The molecule has 4 heterocycles. The highest BCUT2D eigenvalue weighted by molar-refractivity contribution is 8.13. The minimum absolute atomic E-state index is 0.0342. The first-order valence-electron chi connectivity index (χ1n) is 10.8. The fourth-order valence-corrected chi connectivity index (χ4v) is 7.60. The lowest BCUT2D eigenvalue weighted by molar-refractivity contribution is 0.0120. The summed E-state index contributed by atoms with van der Waals surface area (Å²) in [5.74, 6) is 0.486. The van der Waals surface area contributed by atoms with Gasteiger partial charge >= 0.3 is 0 Å². The van der Waals surface area contributed by atoms with E-state index in [1.54, 1.807) is 32.5 Å². The van der Waals surface area contributed by atoms with Crippen molar-refractivity contribution in [1.82, 2.24) is 8.75 Å². The van der Waals surface area contributed by atoms with Gasteiger partial charge in [-0.2, -0.15) is 19.3 Å². The highest BCUT2D eigenvalue weighted by Crippen LogP contribution is 2.31. The summed E-state index contributed by atoms with van der Waals surface area (Å²) >= 11 is 3.90. The van der Waals surface area contributed by atoms with Gasteiger partial charge < -0.3 is 9.68 Å². The van der Waals surface area contributed by atoms with Crippen molar-refractivity contribution in [2.24, 2.45) is 10.3 Å². The van der Waals surface area contributed by atoms with Gasteiger partial charge in [-0.3, -0.25) is 0 Å². The summed E-state index contributed by atoms with van der Waals surface area (Å²) < 4.78 is 32.7. The van der Waals surface area contributed by atoms with E-state index in [9.17, 15) is 8.42 Å². The minimum atomic E-state index is -3.57. The molecular formula is C22H26N6O4S4. The van der Waals surface area contributed by atoms with E-state index < -0.39 is 15.4 Å². The summed E-state index contributed by atoms with van der Waals surface area (Å²) in [4.78, 5) is 11.4. The lowest BCUT2D eigenvalue weighted by Gasteiger charge is -2.13. The molecule has 36 heavy (non-hydrogen) atoms. The van der Waals surface area contributed by atoms with Gasteiger partial charge in [0, 0.05) is 29.7 Å². The van der Waals surface area contributed by atoms with Crippen molar-refractivity contribution in [3.05, 3.63) is 32.3 Å². The Morgan fingerprint density at radius 1 is 0.917 bits per heavy atom. The molecule has 192 valence electrons. The molecule has 0 saturated heterocycles. The van der Waals surface area contributed by atoms with Crippen molar-refractivity contribution in [2.75, 3.05) is 0 Å². The molecule has 2 aromatic heterocycles. The molecule has 2 aromatic rings. The molecule has 0 aliphatic carbocycles. The molecule has 0 amide bonds. The van der Waals surface area contributed by atoms with E-state index in [1.165, 1.54) is 11.5 Å². The number of nitriles is 2. The molecule has 0 saturated carbocycles. The molecule has 0 unspecified atom stereocenters. The number of oxime groups is 2. The highest BCUT2D eigenvalue weighted by Gasteiger charge is 2.36. The average Bonchev–Trinajstić information content (AvgIpc) is 3.54. The van der Waals surface area contributed by atoms with Gasteiger partial charge in [-0.15, -0.1) is 11.8 Å². The molecule has 14 heteroatoms. The van der Waals surface area contributed by atoms with Crippen LogP contribution in [0.1, 0.15) is 72.8 Å². The van der Waals surface area contributed by atoms with Crippen molar-refractivity contribution in [3.8, 4) is 12.1 Å². The zero-order valence-electron chi connectivity index (χ0n) is 20.8. The van der Waals surface area contributed by atoms with Crippen LogP contribution in [-0.4, -0.2) is 38.5 Å². The van der Waals surface area contributed by atoms with Crippen LogP contribution in [0.25, 0.3) is 0 Å². The fourth-order valence-electron chi connectivity index (χ4n) is 3.17.